The van der Waals surface area contributed by atoms with Crippen molar-refractivity contribution in [2.75, 3.05) is 6.54 Å². The molecule has 0 saturated heterocycles. The molecule has 0 aliphatic heterocycles. The number of carboxylic acid groups (broad SMARTS) is 1. The van der Waals surface area contributed by atoms with Crippen LogP contribution in [0.25, 0.3) is 0 Å². The summed E-state index contributed by atoms with van der Waals surface area (Å²) >= 11 is 0. The number of hydrogen-bond donors (Lipinski definition) is 3. The maximum Gasteiger partial charge on any atom is 0.326 e. The van der Waals surface area contributed by atoms with Crippen LogP contribution in [0.15, 0.2) is 65.8 Å². The Balaban J connectivity index is 1.66. The van der Waals surface area contributed by atoms with Crippen molar-refractivity contribution in [3.8, 4) is 11.5 Å². The minimum absolute atomic E-state index is 0.414. The van der Waals surface area contributed by atoms with Crippen LogP contribution in [0.3, 0.4) is 0 Å². The van der Waals surface area contributed by atoms with E-state index in [2.05, 4.69) is 16.0 Å². The fourth-order valence-corrected chi connectivity index (χ4v) is 2.31. The van der Waals surface area contributed by atoms with E-state index in [1.807, 2.05) is 48.5 Å². The van der Waals surface area contributed by atoms with Gasteiger partial charge in [-0.2, -0.15) is 5.48 Å². The predicted octanol–water partition coefficient (Wildman–Crippen LogP) is 3.20. The van der Waals surface area contributed by atoms with Crippen LogP contribution in [0.4, 0.5) is 0 Å². The van der Waals surface area contributed by atoms with E-state index in [-0.39, 0.29) is 0 Å². The van der Waals surface area contributed by atoms with Crippen molar-refractivity contribution < 1.29 is 19.6 Å². The molecule has 2 aromatic rings. The molecule has 0 fully saturated rings. The number of rotatable bonds is 11. The number of amidine groups is 1. The summed E-state index contributed by atoms with van der Waals surface area (Å²) in [5, 5.41) is 16.2. The van der Waals surface area contributed by atoms with E-state index in [0.29, 0.717) is 24.6 Å². The monoisotopic (exact) mass is 371 g/mol. The summed E-state index contributed by atoms with van der Waals surface area (Å²) < 4.78 is 0. The van der Waals surface area contributed by atoms with Crippen molar-refractivity contribution in [3.63, 3.8) is 0 Å². The third kappa shape index (κ3) is 8.24. The van der Waals surface area contributed by atoms with E-state index in [1.54, 1.807) is 19.1 Å². The molecule has 0 aliphatic carbocycles. The fraction of sp³-hybridized carbons (Fsp3) is 0.300. The second kappa shape index (κ2) is 11.5. The molecule has 0 bridgehead atoms. The van der Waals surface area contributed by atoms with Gasteiger partial charge in [-0.3, -0.25) is 0 Å². The maximum atomic E-state index is 11.4. The second-order valence-corrected chi connectivity index (χ2v) is 5.92. The Morgan fingerprint density at radius 1 is 1.04 bits per heavy atom. The number of carbonyl (C=O) groups is 1. The molecule has 0 heterocycles. The van der Waals surface area contributed by atoms with Crippen molar-refractivity contribution in [3.05, 3.63) is 60.7 Å². The van der Waals surface area contributed by atoms with Crippen LogP contribution >= 0.6 is 0 Å². The van der Waals surface area contributed by atoms with Gasteiger partial charge in [0.25, 0.3) is 0 Å². The second-order valence-electron chi connectivity index (χ2n) is 5.92. The summed E-state index contributed by atoms with van der Waals surface area (Å²) in [4.78, 5) is 22.1. The molecule has 0 unspecified atom stereocenters. The molecule has 1 atom stereocenters. The van der Waals surface area contributed by atoms with Crippen LogP contribution < -0.4 is 20.5 Å². The fourth-order valence-electron chi connectivity index (χ4n) is 2.31. The van der Waals surface area contributed by atoms with Crippen LogP contribution in [-0.2, 0) is 4.79 Å². The van der Waals surface area contributed by atoms with Gasteiger partial charge in [0, 0.05) is 6.54 Å². The highest BCUT2D eigenvalue weighted by Gasteiger charge is 2.17. The Kier molecular flexibility index (Phi) is 8.65. The molecule has 7 nitrogen and oxygen atoms in total. The number of aliphatic carboxylic acids is 1. The molecule has 2 aromatic carbocycles. The normalized spacial score (nSPS) is 12.3. The van der Waals surface area contributed by atoms with E-state index in [9.17, 15) is 9.90 Å². The number of oxime groups is 1. The Labute approximate surface area is 158 Å². The Morgan fingerprint density at radius 2 is 1.67 bits per heavy atom. The van der Waals surface area contributed by atoms with Gasteiger partial charge < -0.3 is 20.1 Å². The van der Waals surface area contributed by atoms with E-state index in [1.165, 1.54) is 0 Å². The Bertz CT molecular complexity index is 708. The molecule has 0 aliphatic rings. The summed E-state index contributed by atoms with van der Waals surface area (Å²) in [6.45, 7) is 2.31. The third-order valence-electron chi connectivity index (χ3n) is 3.67. The molecule has 0 aromatic heterocycles. The van der Waals surface area contributed by atoms with E-state index >= 15 is 0 Å². The van der Waals surface area contributed by atoms with Crippen molar-refractivity contribution in [2.45, 2.75) is 32.2 Å². The van der Waals surface area contributed by atoms with Crippen molar-refractivity contribution >= 4 is 11.8 Å². The first-order valence-corrected chi connectivity index (χ1v) is 8.86. The zero-order chi connectivity index (χ0) is 19.3. The van der Waals surface area contributed by atoms with Crippen LogP contribution in [0.1, 0.15) is 26.2 Å². The molecular weight excluding hydrogens is 346 g/mol. The molecule has 0 amide bonds. The number of hydroxylamine groups is 1. The summed E-state index contributed by atoms with van der Waals surface area (Å²) in [6, 6.07) is 17.8. The van der Waals surface area contributed by atoms with Crippen LogP contribution in [0, 0.1) is 0 Å². The quantitative estimate of drug-likeness (QED) is 0.243. The van der Waals surface area contributed by atoms with Gasteiger partial charge in [-0.15, -0.1) is 0 Å². The predicted molar refractivity (Wildman–Crippen MR) is 104 cm³/mol. The largest absolute Gasteiger partial charge is 0.480 e. The minimum Gasteiger partial charge on any atom is -0.480 e. The number of benzene rings is 2. The maximum absolute atomic E-state index is 11.4. The third-order valence-corrected chi connectivity index (χ3v) is 3.67. The molecule has 2 rings (SSSR count). The van der Waals surface area contributed by atoms with Crippen LogP contribution in [-0.4, -0.2) is 29.5 Å². The highest BCUT2D eigenvalue weighted by molar-refractivity contribution is 5.85. The number of unbranched alkanes of at least 4 members (excludes halogenated alkanes) is 1. The Morgan fingerprint density at radius 3 is 2.30 bits per heavy atom. The average Bonchev–Trinajstić information content (AvgIpc) is 2.69. The van der Waals surface area contributed by atoms with Gasteiger partial charge >= 0.3 is 5.97 Å². The average molecular weight is 371 g/mol. The molecule has 7 heteroatoms. The lowest BCUT2D eigenvalue weighted by atomic mass is 10.1. The molecule has 0 spiro atoms. The number of para-hydroxylation sites is 2. The summed E-state index contributed by atoms with van der Waals surface area (Å²) in [5.41, 5.74) is 2.87. The van der Waals surface area contributed by atoms with Crippen LogP contribution in [0.5, 0.6) is 11.5 Å². The van der Waals surface area contributed by atoms with Gasteiger partial charge in [-0.1, -0.05) is 41.6 Å². The van der Waals surface area contributed by atoms with E-state index in [0.717, 1.165) is 18.6 Å². The minimum atomic E-state index is -0.919. The van der Waals surface area contributed by atoms with Gasteiger partial charge in [0.05, 0.1) is 0 Å². The van der Waals surface area contributed by atoms with Gasteiger partial charge in [0.15, 0.2) is 5.75 Å². The zero-order valence-corrected chi connectivity index (χ0v) is 15.3. The summed E-state index contributed by atoms with van der Waals surface area (Å²) in [5.74, 6) is 0.831. The zero-order valence-electron chi connectivity index (χ0n) is 15.3. The molecule has 27 heavy (non-hydrogen) atoms. The number of nitrogens with one attached hydrogen (secondary N) is 2. The summed E-state index contributed by atoms with van der Waals surface area (Å²) in [7, 11) is 0. The number of hydrogen-bond acceptors (Lipinski definition) is 5. The molecule has 0 saturated carbocycles. The van der Waals surface area contributed by atoms with E-state index < -0.39 is 12.0 Å². The molecular formula is C20H25N3O4. The standard InChI is InChI=1S/C20H25N3O4/c1-16(23-27-18-12-6-3-7-13-18)22-19(20(24)25)14-8-9-15-21-26-17-10-4-2-5-11-17/h2-7,10-13,19,21H,8-9,14-15H2,1H3,(H,22,23)(H,24,25)/t19-/m0/s1. The van der Waals surface area contributed by atoms with Gasteiger partial charge in [0.2, 0.25) is 0 Å². The molecule has 144 valence electrons. The van der Waals surface area contributed by atoms with Gasteiger partial charge in [-0.25, -0.2) is 4.79 Å². The Hall–Kier alpha value is -3.06. The van der Waals surface area contributed by atoms with Crippen molar-refractivity contribution in [2.24, 2.45) is 5.16 Å². The number of carboxylic acids is 1. The first-order valence-electron chi connectivity index (χ1n) is 8.86. The van der Waals surface area contributed by atoms with Crippen molar-refractivity contribution in [1.29, 1.82) is 0 Å². The lowest BCUT2D eigenvalue weighted by molar-refractivity contribution is -0.139. The lowest BCUT2D eigenvalue weighted by Crippen LogP contribution is -2.40. The van der Waals surface area contributed by atoms with Gasteiger partial charge in [-0.05, 0) is 50.5 Å². The van der Waals surface area contributed by atoms with Crippen molar-refractivity contribution in [1.82, 2.24) is 10.8 Å². The summed E-state index contributed by atoms with van der Waals surface area (Å²) in [6.07, 6.45) is 1.98. The lowest BCUT2D eigenvalue weighted by Gasteiger charge is -2.15. The SMILES string of the molecule is C/C(=N/Oc1ccccc1)N[C@@H](CCCCNOc1ccccc1)C(=O)O. The molecule has 0 radical (unpaired) electrons. The van der Waals surface area contributed by atoms with E-state index in [4.69, 9.17) is 9.68 Å². The highest BCUT2D eigenvalue weighted by Crippen LogP contribution is 2.09. The van der Waals surface area contributed by atoms with Gasteiger partial charge in [0.1, 0.15) is 17.6 Å². The first-order chi connectivity index (χ1) is 13.1. The van der Waals surface area contributed by atoms with Crippen LogP contribution in [0.2, 0.25) is 0 Å². The highest BCUT2D eigenvalue weighted by atomic mass is 16.6. The molecule has 3 N–H and O–H groups in total. The topological polar surface area (TPSA) is 92.2 Å². The first kappa shape index (κ1) is 20.3. The number of nitrogens with zero attached hydrogens (tertiary/aromatic N) is 1. The smallest absolute Gasteiger partial charge is 0.326 e.